The number of amides is 1. The minimum absolute atomic E-state index is 0.441. The zero-order valence-electron chi connectivity index (χ0n) is 6.41. The lowest BCUT2D eigenvalue weighted by Gasteiger charge is -2.20. The average molecular weight is 159 g/mol. The number of hydrogen-bond acceptors (Lipinski definition) is 3. The quantitative estimate of drug-likeness (QED) is 0.638. The summed E-state index contributed by atoms with van der Waals surface area (Å²) in [5.74, 6) is 0.441. The molecule has 1 saturated heterocycles. The number of carbonyl (C=O) groups excluding carboxylic acids is 1. The van der Waals surface area contributed by atoms with Crippen molar-refractivity contribution in [2.75, 3.05) is 19.8 Å². The molecule has 0 aromatic heterocycles. The molecule has 4 heteroatoms. The monoisotopic (exact) mass is 159 g/mol. The van der Waals surface area contributed by atoms with Gasteiger partial charge in [0.2, 0.25) is 0 Å². The lowest BCUT2D eigenvalue weighted by Crippen LogP contribution is -2.23. The Morgan fingerprint density at radius 3 is 2.73 bits per heavy atom. The van der Waals surface area contributed by atoms with Crippen LogP contribution in [0, 0.1) is 5.92 Å². The number of hydrogen-bond donors (Lipinski definition) is 1. The highest BCUT2D eigenvalue weighted by Gasteiger charge is 2.14. The van der Waals surface area contributed by atoms with Crippen molar-refractivity contribution in [3.8, 4) is 0 Å². The van der Waals surface area contributed by atoms with Crippen molar-refractivity contribution in [2.24, 2.45) is 11.7 Å². The van der Waals surface area contributed by atoms with Crippen LogP contribution in [0.15, 0.2) is 0 Å². The molecule has 0 aromatic carbocycles. The van der Waals surface area contributed by atoms with E-state index in [0.717, 1.165) is 26.1 Å². The maximum atomic E-state index is 10.2. The van der Waals surface area contributed by atoms with Gasteiger partial charge in [-0.05, 0) is 18.8 Å². The van der Waals surface area contributed by atoms with Gasteiger partial charge in [-0.15, -0.1) is 0 Å². The fourth-order valence-electron chi connectivity index (χ4n) is 1.11. The van der Waals surface area contributed by atoms with Gasteiger partial charge in [0.05, 0.1) is 6.61 Å². The van der Waals surface area contributed by atoms with Gasteiger partial charge in [-0.3, -0.25) is 0 Å². The maximum absolute atomic E-state index is 10.2. The summed E-state index contributed by atoms with van der Waals surface area (Å²) >= 11 is 0. The third-order valence-corrected chi connectivity index (χ3v) is 1.80. The molecule has 1 amide bonds. The van der Waals surface area contributed by atoms with Crippen LogP contribution in [-0.4, -0.2) is 25.9 Å². The van der Waals surface area contributed by atoms with Crippen LogP contribution in [0.1, 0.15) is 12.8 Å². The third-order valence-electron chi connectivity index (χ3n) is 1.80. The van der Waals surface area contributed by atoms with Crippen LogP contribution >= 0.6 is 0 Å². The van der Waals surface area contributed by atoms with E-state index in [1.165, 1.54) is 0 Å². The van der Waals surface area contributed by atoms with E-state index in [9.17, 15) is 4.79 Å². The standard InChI is InChI=1S/C7H13NO3/c8-7(9)11-5-6-1-3-10-4-2-6/h6H,1-5H2,(H2,8,9). The second-order valence-electron chi connectivity index (χ2n) is 2.69. The normalized spacial score (nSPS) is 19.6. The molecule has 0 radical (unpaired) electrons. The molecule has 1 fully saturated rings. The van der Waals surface area contributed by atoms with Gasteiger partial charge in [0, 0.05) is 13.2 Å². The molecule has 0 atom stereocenters. The number of primary amides is 1. The maximum Gasteiger partial charge on any atom is 0.404 e. The molecule has 2 N–H and O–H groups in total. The summed E-state index contributed by atoms with van der Waals surface area (Å²) in [6.45, 7) is 1.98. The highest BCUT2D eigenvalue weighted by atomic mass is 16.5. The van der Waals surface area contributed by atoms with Crippen LogP contribution in [0.5, 0.6) is 0 Å². The molecule has 11 heavy (non-hydrogen) atoms. The number of ether oxygens (including phenoxy) is 2. The lowest BCUT2D eigenvalue weighted by atomic mass is 10.0. The SMILES string of the molecule is NC(=O)OCC1CCOCC1. The molecule has 64 valence electrons. The summed E-state index contributed by atoms with van der Waals surface area (Å²) in [6, 6.07) is 0. The van der Waals surface area contributed by atoms with Gasteiger partial charge < -0.3 is 15.2 Å². The molecule has 0 aliphatic carbocycles. The fraction of sp³-hybridized carbons (Fsp3) is 0.857. The van der Waals surface area contributed by atoms with E-state index >= 15 is 0 Å². The molecule has 1 aliphatic heterocycles. The predicted molar refractivity (Wildman–Crippen MR) is 39.1 cm³/mol. The second kappa shape index (κ2) is 4.18. The van der Waals surface area contributed by atoms with E-state index in [1.54, 1.807) is 0 Å². The van der Waals surface area contributed by atoms with Crippen LogP contribution in [0.3, 0.4) is 0 Å². The van der Waals surface area contributed by atoms with Crippen LogP contribution < -0.4 is 5.73 Å². The zero-order chi connectivity index (χ0) is 8.10. The molecule has 1 rings (SSSR count). The topological polar surface area (TPSA) is 61.6 Å². The van der Waals surface area contributed by atoms with Crippen molar-refractivity contribution >= 4 is 6.09 Å². The van der Waals surface area contributed by atoms with Gasteiger partial charge in [-0.25, -0.2) is 4.79 Å². The first-order valence-electron chi connectivity index (χ1n) is 3.79. The first kappa shape index (κ1) is 8.33. The average Bonchev–Trinajstić information content (AvgIpc) is 2.03. The van der Waals surface area contributed by atoms with E-state index in [-0.39, 0.29) is 0 Å². The Bertz CT molecular complexity index is 132. The van der Waals surface area contributed by atoms with E-state index in [1.807, 2.05) is 0 Å². The molecule has 0 unspecified atom stereocenters. The summed E-state index contributed by atoms with van der Waals surface area (Å²) in [5, 5.41) is 0. The molecular formula is C7H13NO3. The predicted octanol–water partition coefficient (Wildman–Crippen LogP) is 0.508. The Labute approximate surface area is 65.7 Å². The van der Waals surface area contributed by atoms with Gasteiger partial charge >= 0.3 is 6.09 Å². The van der Waals surface area contributed by atoms with E-state index in [2.05, 4.69) is 4.74 Å². The van der Waals surface area contributed by atoms with Crippen LogP contribution in [0.4, 0.5) is 4.79 Å². The molecule has 0 spiro atoms. The third kappa shape index (κ3) is 3.23. The molecule has 0 aromatic rings. The van der Waals surface area contributed by atoms with E-state index in [4.69, 9.17) is 10.5 Å². The summed E-state index contributed by atoms with van der Waals surface area (Å²) in [6.07, 6.45) is 1.25. The van der Waals surface area contributed by atoms with Crippen molar-refractivity contribution in [1.82, 2.24) is 0 Å². The summed E-state index contributed by atoms with van der Waals surface area (Å²) < 4.78 is 9.80. The van der Waals surface area contributed by atoms with Crippen LogP contribution in [0.2, 0.25) is 0 Å². The smallest absolute Gasteiger partial charge is 0.404 e. The van der Waals surface area contributed by atoms with Gasteiger partial charge in [0.25, 0.3) is 0 Å². The number of carbonyl (C=O) groups is 1. The molecule has 0 bridgehead atoms. The Balaban J connectivity index is 2.09. The zero-order valence-corrected chi connectivity index (χ0v) is 6.41. The first-order chi connectivity index (χ1) is 5.29. The van der Waals surface area contributed by atoms with Gasteiger partial charge in [0.1, 0.15) is 0 Å². The van der Waals surface area contributed by atoms with Crippen molar-refractivity contribution in [3.05, 3.63) is 0 Å². The van der Waals surface area contributed by atoms with E-state index in [0.29, 0.717) is 12.5 Å². The highest BCUT2D eigenvalue weighted by molar-refractivity contribution is 5.64. The minimum atomic E-state index is -0.684. The van der Waals surface area contributed by atoms with Gasteiger partial charge in [-0.2, -0.15) is 0 Å². The Hall–Kier alpha value is -0.770. The van der Waals surface area contributed by atoms with Crippen LogP contribution in [-0.2, 0) is 9.47 Å². The van der Waals surface area contributed by atoms with Crippen molar-refractivity contribution < 1.29 is 14.3 Å². The Morgan fingerprint density at radius 1 is 1.55 bits per heavy atom. The molecule has 4 nitrogen and oxygen atoms in total. The molecule has 1 aliphatic rings. The van der Waals surface area contributed by atoms with Crippen molar-refractivity contribution in [3.63, 3.8) is 0 Å². The number of rotatable bonds is 2. The van der Waals surface area contributed by atoms with Gasteiger partial charge in [-0.1, -0.05) is 0 Å². The highest BCUT2D eigenvalue weighted by Crippen LogP contribution is 2.14. The van der Waals surface area contributed by atoms with Crippen molar-refractivity contribution in [1.29, 1.82) is 0 Å². The molecule has 0 saturated carbocycles. The largest absolute Gasteiger partial charge is 0.449 e. The second-order valence-corrected chi connectivity index (χ2v) is 2.69. The van der Waals surface area contributed by atoms with E-state index < -0.39 is 6.09 Å². The summed E-state index contributed by atoms with van der Waals surface area (Å²) in [5.41, 5.74) is 4.82. The van der Waals surface area contributed by atoms with Crippen LogP contribution in [0.25, 0.3) is 0 Å². The number of nitrogens with two attached hydrogens (primary N) is 1. The first-order valence-corrected chi connectivity index (χ1v) is 3.79. The van der Waals surface area contributed by atoms with Gasteiger partial charge in [0.15, 0.2) is 0 Å². The fourth-order valence-corrected chi connectivity index (χ4v) is 1.11. The summed E-state index contributed by atoms with van der Waals surface area (Å²) in [4.78, 5) is 10.2. The van der Waals surface area contributed by atoms with Crippen molar-refractivity contribution in [2.45, 2.75) is 12.8 Å². The lowest BCUT2D eigenvalue weighted by molar-refractivity contribution is 0.0397. The summed E-state index contributed by atoms with van der Waals surface area (Å²) in [7, 11) is 0. The molecular weight excluding hydrogens is 146 g/mol. The Morgan fingerprint density at radius 2 is 2.18 bits per heavy atom. The molecule has 1 heterocycles. The Kier molecular flexibility index (Phi) is 3.16. The minimum Gasteiger partial charge on any atom is -0.449 e.